The standard InChI is InChI=1S/C18H16FNO2.BrH/c1-21-17-8-14-11-20-10-13(16(14)9-18(17)22-2)7-12-3-5-15(19)6-4-12;/h3-6,8-11H,7H2,1-2H3;1H. The molecule has 0 aliphatic rings. The zero-order chi connectivity index (χ0) is 15.5. The van der Waals surface area contributed by atoms with Gasteiger partial charge in [0.05, 0.1) is 14.2 Å². The van der Waals surface area contributed by atoms with Crippen LogP contribution in [0.3, 0.4) is 0 Å². The van der Waals surface area contributed by atoms with Crippen LogP contribution in [0.2, 0.25) is 0 Å². The predicted octanol–water partition coefficient (Wildman–Crippen LogP) is 0.405. The highest BCUT2D eigenvalue weighted by Crippen LogP contribution is 2.33. The number of nitrogens with one attached hydrogen (secondary N) is 1. The van der Waals surface area contributed by atoms with Gasteiger partial charge in [-0.05, 0) is 29.8 Å². The van der Waals surface area contributed by atoms with Crippen molar-refractivity contribution in [1.82, 2.24) is 0 Å². The minimum Gasteiger partial charge on any atom is -1.00 e. The zero-order valence-corrected chi connectivity index (χ0v) is 14.5. The Morgan fingerprint density at radius 1 is 0.957 bits per heavy atom. The average molecular weight is 378 g/mol. The van der Waals surface area contributed by atoms with Gasteiger partial charge in [0.25, 0.3) is 0 Å². The fourth-order valence-electron chi connectivity index (χ4n) is 2.57. The number of hydrogen-bond acceptors (Lipinski definition) is 2. The van der Waals surface area contributed by atoms with E-state index in [1.807, 2.05) is 24.5 Å². The van der Waals surface area contributed by atoms with E-state index in [1.54, 1.807) is 26.4 Å². The van der Waals surface area contributed by atoms with Crippen molar-refractivity contribution in [2.75, 3.05) is 14.2 Å². The molecule has 2 aromatic carbocycles. The van der Waals surface area contributed by atoms with Crippen LogP contribution in [0.25, 0.3) is 10.8 Å². The second-order valence-electron chi connectivity index (χ2n) is 5.08. The molecule has 0 spiro atoms. The summed E-state index contributed by atoms with van der Waals surface area (Å²) in [7, 11) is 3.24. The molecule has 0 bridgehead atoms. The van der Waals surface area contributed by atoms with Crippen LogP contribution in [-0.2, 0) is 6.42 Å². The first-order chi connectivity index (χ1) is 10.7. The van der Waals surface area contributed by atoms with Gasteiger partial charge >= 0.3 is 0 Å². The van der Waals surface area contributed by atoms with Crippen molar-refractivity contribution >= 4 is 10.8 Å². The monoisotopic (exact) mass is 377 g/mol. The van der Waals surface area contributed by atoms with Crippen LogP contribution in [0.5, 0.6) is 11.5 Å². The number of ether oxygens (including phenoxy) is 2. The number of halogens is 2. The summed E-state index contributed by atoms with van der Waals surface area (Å²) in [5.41, 5.74) is 2.17. The molecule has 3 nitrogen and oxygen atoms in total. The summed E-state index contributed by atoms with van der Waals surface area (Å²) in [5.74, 6) is 1.17. The summed E-state index contributed by atoms with van der Waals surface area (Å²) in [6, 6.07) is 10.5. The highest BCUT2D eigenvalue weighted by molar-refractivity contribution is 5.87. The van der Waals surface area contributed by atoms with E-state index in [1.165, 1.54) is 12.1 Å². The topological polar surface area (TPSA) is 32.6 Å². The maximum Gasteiger partial charge on any atom is 0.175 e. The Balaban J connectivity index is 0.00000192. The number of fused-ring (bicyclic) bond motifs is 1. The van der Waals surface area contributed by atoms with Crippen molar-refractivity contribution in [1.29, 1.82) is 0 Å². The van der Waals surface area contributed by atoms with Crippen molar-refractivity contribution in [3.8, 4) is 11.5 Å². The molecule has 0 saturated carbocycles. The molecule has 1 heterocycles. The van der Waals surface area contributed by atoms with Crippen molar-refractivity contribution < 1.29 is 35.8 Å². The van der Waals surface area contributed by atoms with Gasteiger partial charge in [0.1, 0.15) is 5.82 Å². The molecule has 0 saturated heterocycles. The van der Waals surface area contributed by atoms with Crippen LogP contribution in [0.4, 0.5) is 4.39 Å². The van der Waals surface area contributed by atoms with Gasteiger partial charge in [-0.3, -0.25) is 0 Å². The number of methoxy groups -OCH3 is 2. The third kappa shape index (κ3) is 3.62. The molecular formula is C18H17BrFNO2. The Morgan fingerprint density at radius 3 is 2.26 bits per heavy atom. The van der Waals surface area contributed by atoms with Gasteiger partial charge in [-0.25, -0.2) is 9.37 Å². The van der Waals surface area contributed by atoms with Gasteiger partial charge in [-0.1, -0.05) is 12.1 Å². The summed E-state index contributed by atoms with van der Waals surface area (Å²) in [6.07, 6.45) is 4.59. The van der Waals surface area contributed by atoms with Gasteiger partial charge in [0.15, 0.2) is 23.9 Å². The second-order valence-corrected chi connectivity index (χ2v) is 5.08. The zero-order valence-electron chi connectivity index (χ0n) is 12.9. The van der Waals surface area contributed by atoms with Gasteiger partial charge in [-0.15, -0.1) is 0 Å². The van der Waals surface area contributed by atoms with Gasteiger partial charge in [0.2, 0.25) is 0 Å². The molecule has 5 heteroatoms. The predicted molar refractivity (Wildman–Crippen MR) is 82.8 cm³/mol. The summed E-state index contributed by atoms with van der Waals surface area (Å²) >= 11 is 0. The number of hydrogen-bond donors (Lipinski definition) is 0. The molecule has 0 amide bonds. The fraction of sp³-hybridized carbons (Fsp3) is 0.167. The molecule has 0 aliphatic carbocycles. The lowest BCUT2D eigenvalue weighted by atomic mass is 10.0. The lowest BCUT2D eigenvalue weighted by molar-refractivity contribution is -0.376. The van der Waals surface area contributed by atoms with E-state index in [2.05, 4.69) is 4.98 Å². The minimum absolute atomic E-state index is 0. The van der Waals surface area contributed by atoms with Crippen LogP contribution >= 0.6 is 0 Å². The maximum atomic E-state index is 13.0. The lowest BCUT2D eigenvalue weighted by Gasteiger charge is -2.10. The number of aromatic amines is 1. The molecule has 23 heavy (non-hydrogen) atoms. The lowest BCUT2D eigenvalue weighted by Crippen LogP contribution is -3.00. The van der Waals surface area contributed by atoms with Crippen molar-refractivity contribution in [2.45, 2.75) is 6.42 Å². The third-order valence-electron chi connectivity index (χ3n) is 3.71. The number of rotatable bonds is 4. The molecule has 120 valence electrons. The van der Waals surface area contributed by atoms with Gasteiger partial charge in [-0.2, -0.15) is 0 Å². The summed E-state index contributed by atoms with van der Waals surface area (Å²) in [5, 5.41) is 2.12. The largest absolute Gasteiger partial charge is 1.00 e. The Hall–Kier alpha value is -2.14. The minimum atomic E-state index is -0.223. The van der Waals surface area contributed by atoms with Crippen molar-refractivity contribution in [3.63, 3.8) is 0 Å². The molecular weight excluding hydrogens is 361 g/mol. The number of pyridine rings is 1. The fourth-order valence-corrected chi connectivity index (χ4v) is 2.57. The van der Waals surface area contributed by atoms with Crippen LogP contribution in [0, 0.1) is 5.82 Å². The van der Waals surface area contributed by atoms with E-state index in [0.717, 1.165) is 21.9 Å². The van der Waals surface area contributed by atoms with E-state index in [9.17, 15) is 4.39 Å². The first-order valence-electron chi connectivity index (χ1n) is 7.00. The Bertz CT molecular complexity index is 806. The quantitative estimate of drug-likeness (QED) is 0.659. The molecule has 0 aliphatic heterocycles. The molecule has 0 fully saturated rings. The summed E-state index contributed by atoms with van der Waals surface area (Å²) in [6.45, 7) is 0. The van der Waals surface area contributed by atoms with Crippen LogP contribution in [-0.4, -0.2) is 14.2 Å². The second kappa shape index (κ2) is 7.42. The van der Waals surface area contributed by atoms with E-state index in [0.29, 0.717) is 17.9 Å². The molecule has 0 atom stereocenters. The smallest absolute Gasteiger partial charge is 0.175 e. The van der Waals surface area contributed by atoms with Gasteiger partial charge < -0.3 is 26.5 Å². The highest BCUT2D eigenvalue weighted by atomic mass is 79.9. The maximum absolute atomic E-state index is 13.0. The van der Waals surface area contributed by atoms with Crippen molar-refractivity contribution in [3.05, 3.63) is 65.7 Å². The summed E-state index contributed by atoms with van der Waals surface area (Å²) in [4.78, 5) is 3.15. The van der Waals surface area contributed by atoms with Gasteiger partial charge in [0, 0.05) is 22.8 Å². The van der Waals surface area contributed by atoms with E-state index in [4.69, 9.17) is 9.47 Å². The summed E-state index contributed by atoms with van der Waals surface area (Å²) < 4.78 is 23.7. The molecule has 0 unspecified atom stereocenters. The molecule has 1 aromatic heterocycles. The normalized spacial score (nSPS) is 10.2. The third-order valence-corrected chi connectivity index (χ3v) is 3.71. The first kappa shape index (κ1) is 17.2. The van der Waals surface area contributed by atoms with E-state index in [-0.39, 0.29) is 22.8 Å². The van der Waals surface area contributed by atoms with E-state index < -0.39 is 0 Å². The highest BCUT2D eigenvalue weighted by Gasteiger charge is 2.12. The molecule has 3 aromatic rings. The van der Waals surface area contributed by atoms with Crippen LogP contribution < -0.4 is 31.4 Å². The molecule has 1 N–H and O–H groups in total. The SMILES string of the molecule is COc1cc2c[nH+]cc(Cc3ccc(F)cc3)c2cc1OC.[Br-]. The average Bonchev–Trinajstić information content (AvgIpc) is 2.56. The van der Waals surface area contributed by atoms with Crippen LogP contribution in [0.15, 0.2) is 48.8 Å². The van der Waals surface area contributed by atoms with E-state index >= 15 is 0 Å². The molecule has 3 rings (SSSR count). The Labute approximate surface area is 144 Å². The number of aromatic nitrogens is 1. The Kier molecular flexibility index (Phi) is 5.55. The first-order valence-corrected chi connectivity index (χ1v) is 7.00. The number of benzene rings is 2. The Morgan fingerprint density at radius 2 is 1.61 bits per heavy atom. The molecule has 0 radical (unpaired) electrons. The van der Waals surface area contributed by atoms with Crippen LogP contribution in [0.1, 0.15) is 11.1 Å². The number of H-pyrrole nitrogens is 1. The van der Waals surface area contributed by atoms with Crippen molar-refractivity contribution in [2.24, 2.45) is 0 Å².